The number of piperidine rings is 1. The monoisotopic (exact) mass is 334 g/mol. The molecule has 1 aliphatic heterocycles. The zero-order chi connectivity index (χ0) is 17.6. The van der Waals surface area contributed by atoms with Crippen molar-refractivity contribution in [3.63, 3.8) is 0 Å². The zero-order valence-electron chi connectivity index (χ0n) is 14.7. The van der Waals surface area contributed by atoms with E-state index in [9.17, 15) is 9.59 Å². The van der Waals surface area contributed by atoms with Gasteiger partial charge in [-0.3, -0.25) is 14.7 Å². The Labute approximate surface area is 143 Å². The van der Waals surface area contributed by atoms with Crippen molar-refractivity contribution in [3.05, 3.63) is 30.1 Å². The first-order valence-electron chi connectivity index (χ1n) is 8.37. The Bertz CT molecular complexity index is 554. The molecule has 1 atom stereocenters. The van der Waals surface area contributed by atoms with Crippen LogP contribution in [0.2, 0.25) is 0 Å². The average Bonchev–Trinajstić information content (AvgIpc) is 2.52. The Morgan fingerprint density at radius 1 is 1.29 bits per heavy atom. The van der Waals surface area contributed by atoms with E-state index in [-0.39, 0.29) is 18.6 Å². The van der Waals surface area contributed by atoms with Gasteiger partial charge in [0.1, 0.15) is 11.6 Å². The first kappa shape index (κ1) is 18.4. The molecule has 1 fully saturated rings. The molecule has 0 aromatic carbocycles. The lowest BCUT2D eigenvalue weighted by atomic mass is 10.0. The summed E-state index contributed by atoms with van der Waals surface area (Å²) in [6.45, 7) is 6.42. The lowest BCUT2D eigenvalue weighted by molar-refractivity contribution is -0.169. The molecule has 1 aromatic heterocycles. The van der Waals surface area contributed by atoms with E-state index in [0.29, 0.717) is 6.54 Å². The first-order chi connectivity index (χ1) is 11.3. The smallest absolute Gasteiger partial charge is 0.344 e. The predicted octanol–water partition coefficient (Wildman–Crippen LogP) is 2.32. The van der Waals surface area contributed by atoms with E-state index in [1.54, 1.807) is 27.0 Å². The summed E-state index contributed by atoms with van der Waals surface area (Å²) in [6.07, 6.45) is 4.50. The van der Waals surface area contributed by atoms with Gasteiger partial charge in [0, 0.05) is 12.7 Å². The van der Waals surface area contributed by atoms with Gasteiger partial charge in [0.25, 0.3) is 0 Å². The third-order valence-electron chi connectivity index (χ3n) is 3.73. The van der Waals surface area contributed by atoms with Crippen molar-refractivity contribution < 1.29 is 19.1 Å². The van der Waals surface area contributed by atoms with Crippen LogP contribution < -0.4 is 0 Å². The molecule has 0 bridgehead atoms. The fraction of sp³-hybridized carbons (Fsp3) is 0.611. The van der Waals surface area contributed by atoms with Gasteiger partial charge in [-0.15, -0.1) is 0 Å². The highest BCUT2D eigenvalue weighted by atomic mass is 16.6. The van der Waals surface area contributed by atoms with Crippen molar-refractivity contribution in [1.82, 2.24) is 9.88 Å². The minimum atomic E-state index is -0.584. The molecule has 132 valence electrons. The van der Waals surface area contributed by atoms with Crippen LogP contribution in [-0.2, 0) is 25.6 Å². The van der Waals surface area contributed by atoms with Crippen molar-refractivity contribution in [2.24, 2.45) is 0 Å². The lowest BCUT2D eigenvalue weighted by Crippen LogP contribution is -2.45. The van der Waals surface area contributed by atoms with E-state index < -0.39 is 11.6 Å². The number of carbonyl (C=O) groups is 2. The van der Waals surface area contributed by atoms with Crippen LogP contribution in [0.15, 0.2) is 24.4 Å². The molecule has 0 aliphatic carbocycles. The predicted molar refractivity (Wildman–Crippen MR) is 89.1 cm³/mol. The van der Waals surface area contributed by atoms with Gasteiger partial charge in [-0.25, -0.2) is 4.79 Å². The number of aromatic nitrogens is 1. The summed E-state index contributed by atoms with van der Waals surface area (Å²) in [5.41, 5.74) is 0.337. The number of likely N-dealkylation sites (tertiary alicyclic amines) is 1. The van der Waals surface area contributed by atoms with Crippen LogP contribution in [0.5, 0.6) is 0 Å². The second-order valence-corrected chi connectivity index (χ2v) is 7.00. The molecule has 2 rings (SSSR count). The topological polar surface area (TPSA) is 68.7 Å². The minimum absolute atomic E-state index is 0.330. The molecule has 1 aliphatic rings. The Balaban J connectivity index is 1.89. The Hall–Kier alpha value is -1.95. The fourth-order valence-electron chi connectivity index (χ4n) is 2.74. The van der Waals surface area contributed by atoms with Crippen LogP contribution in [-0.4, -0.2) is 46.6 Å². The van der Waals surface area contributed by atoms with E-state index in [1.807, 2.05) is 18.2 Å². The maximum atomic E-state index is 12.4. The minimum Gasteiger partial charge on any atom is -0.457 e. The van der Waals surface area contributed by atoms with Crippen molar-refractivity contribution in [1.29, 1.82) is 0 Å². The molecule has 0 spiro atoms. The van der Waals surface area contributed by atoms with Crippen molar-refractivity contribution in [2.75, 3.05) is 13.2 Å². The lowest BCUT2D eigenvalue weighted by Gasteiger charge is -2.33. The molecule has 0 saturated carbocycles. The Morgan fingerprint density at radius 2 is 2.08 bits per heavy atom. The van der Waals surface area contributed by atoms with Crippen LogP contribution in [0.3, 0.4) is 0 Å². The standard InChI is InChI=1S/C18H26N2O4/c1-18(2,3)24-16(21)13-23-17(22)15-9-5-7-11-20(15)12-14-8-4-6-10-19-14/h4,6,8,10,15H,5,7,9,11-13H2,1-3H3/t15-/m1/s1. The molecule has 0 radical (unpaired) electrons. The van der Waals surface area contributed by atoms with Crippen LogP contribution >= 0.6 is 0 Å². The summed E-state index contributed by atoms with van der Waals surface area (Å²) in [4.78, 5) is 30.5. The number of hydrogen-bond acceptors (Lipinski definition) is 6. The van der Waals surface area contributed by atoms with Crippen molar-refractivity contribution in [2.45, 2.75) is 58.2 Å². The second-order valence-electron chi connectivity index (χ2n) is 7.00. The van der Waals surface area contributed by atoms with Gasteiger partial charge in [0.2, 0.25) is 0 Å². The van der Waals surface area contributed by atoms with Crippen LogP contribution in [0, 0.1) is 0 Å². The third kappa shape index (κ3) is 5.92. The molecule has 1 saturated heterocycles. The molecule has 0 amide bonds. The highest BCUT2D eigenvalue weighted by Gasteiger charge is 2.31. The number of ether oxygens (including phenoxy) is 2. The maximum absolute atomic E-state index is 12.4. The summed E-state index contributed by atoms with van der Waals surface area (Å²) in [6, 6.07) is 5.41. The third-order valence-corrected chi connectivity index (χ3v) is 3.73. The summed E-state index contributed by atoms with van der Waals surface area (Å²) in [5.74, 6) is -0.889. The van der Waals surface area contributed by atoms with Gasteiger partial charge in [0.05, 0.1) is 5.69 Å². The Morgan fingerprint density at radius 3 is 2.75 bits per heavy atom. The number of pyridine rings is 1. The summed E-state index contributed by atoms with van der Waals surface area (Å²) in [7, 11) is 0. The van der Waals surface area contributed by atoms with Gasteiger partial charge in [-0.1, -0.05) is 12.5 Å². The normalized spacial score (nSPS) is 18.9. The molecule has 0 N–H and O–H groups in total. The number of hydrogen-bond donors (Lipinski definition) is 0. The fourth-order valence-corrected chi connectivity index (χ4v) is 2.74. The van der Waals surface area contributed by atoms with E-state index in [1.165, 1.54) is 0 Å². The number of rotatable bonds is 5. The van der Waals surface area contributed by atoms with Crippen LogP contribution in [0.25, 0.3) is 0 Å². The van der Waals surface area contributed by atoms with Gasteiger partial charge < -0.3 is 9.47 Å². The highest BCUT2D eigenvalue weighted by molar-refractivity contribution is 5.80. The second kappa shape index (κ2) is 8.24. The first-order valence-corrected chi connectivity index (χ1v) is 8.37. The quantitative estimate of drug-likeness (QED) is 0.770. The highest BCUT2D eigenvalue weighted by Crippen LogP contribution is 2.20. The van der Waals surface area contributed by atoms with E-state index in [0.717, 1.165) is 31.5 Å². The number of carbonyl (C=O) groups excluding carboxylic acids is 2. The van der Waals surface area contributed by atoms with Crippen LogP contribution in [0.1, 0.15) is 45.7 Å². The average molecular weight is 334 g/mol. The molecule has 6 heteroatoms. The molecule has 24 heavy (non-hydrogen) atoms. The van der Waals surface area contributed by atoms with Crippen LogP contribution in [0.4, 0.5) is 0 Å². The number of nitrogens with zero attached hydrogens (tertiary/aromatic N) is 2. The molecule has 6 nitrogen and oxygen atoms in total. The largest absolute Gasteiger partial charge is 0.457 e. The van der Waals surface area contributed by atoms with Crippen molar-refractivity contribution >= 4 is 11.9 Å². The van der Waals surface area contributed by atoms with E-state index >= 15 is 0 Å². The zero-order valence-corrected chi connectivity index (χ0v) is 14.7. The SMILES string of the molecule is CC(C)(C)OC(=O)COC(=O)[C@H]1CCCCN1Cc1ccccn1. The summed E-state index contributed by atoms with van der Waals surface area (Å²) in [5, 5.41) is 0. The van der Waals surface area contributed by atoms with Gasteiger partial charge >= 0.3 is 11.9 Å². The molecular formula is C18H26N2O4. The molecule has 2 heterocycles. The number of esters is 2. The van der Waals surface area contributed by atoms with Gasteiger partial charge in [0.15, 0.2) is 6.61 Å². The maximum Gasteiger partial charge on any atom is 0.344 e. The van der Waals surface area contributed by atoms with E-state index in [4.69, 9.17) is 9.47 Å². The summed E-state index contributed by atoms with van der Waals surface area (Å²) < 4.78 is 10.3. The van der Waals surface area contributed by atoms with Gasteiger partial charge in [-0.2, -0.15) is 0 Å². The Kier molecular flexibility index (Phi) is 6.31. The van der Waals surface area contributed by atoms with E-state index in [2.05, 4.69) is 9.88 Å². The molecular weight excluding hydrogens is 308 g/mol. The van der Waals surface area contributed by atoms with Crippen molar-refractivity contribution in [3.8, 4) is 0 Å². The molecule has 0 unspecified atom stereocenters. The van der Waals surface area contributed by atoms with Gasteiger partial charge in [-0.05, 0) is 52.3 Å². The summed E-state index contributed by atoms with van der Waals surface area (Å²) >= 11 is 0. The molecule has 1 aromatic rings.